The smallest absolute Gasteiger partial charge is 0.274 e. The predicted molar refractivity (Wildman–Crippen MR) is 102 cm³/mol. The fourth-order valence-corrected chi connectivity index (χ4v) is 4.09. The Morgan fingerprint density at radius 2 is 2.15 bits per heavy atom. The summed E-state index contributed by atoms with van der Waals surface area (Å²) in [5, 5.41) is 24.9. The van der Waals surface area contributed by atoms with Gasteiger partial charge in [-0.2, -0.15) is 0 Å². The molecule has 6 N–H and O–H groups in total. The van der Waals surface area contributed by atoms with Gasteiger partial charge < -0.3 is 21.3 Å². The van der Waals surface area contributed by atoms with Gasteiger partial charge in [0, 0.05) is 17.4 Å². The van der Waals surface area contributed by atoms with Crippen LogP contribution in [0.3, 0.4) is 0 Å². The molecule has 1 fully saturated rings. The highest BCUT2D eigenvalue weighted by atomic mass is 35.5. The first-order valence-electron chi connectivity index (χ1n) is 7.99. The van der Waals surface area contributed by atoms with Gasteiger partial charge >= 0.3 is 0 Å². The molecule has 2 aromatic rings. The van der Waals surface area contributed by atoms with Crippen molar-refractivity contribution in [1.29, 1.82) is 0 Å². The summed E-state index contributed by atoms with van der Waals surface area (Å²) in [6.45, 7) is 1.60. The number of carbonyl (C=O) groups excluding carboxylic acids is 1. The van der Waals surface area contributed by atoms with Crippen LogP contribution in [0, 0.1) is 5.82 Å². The van der Waals surface area contributed by atoms with Crippen LogP contribution in [-0.2, 0) is 4.75 Å². The van der Waals surface area contributed by atoms with Gasteiger partial charge in [-0.3, -0.25) is 10.1 Å². The van der Waals surface area contributed by atoms with E-state index in [1.54, 1.807) is 6.92 Å². The first kappa shape index (κ1) is 20.0. The summed E-state index contributed by atoms with van der Waals surface area (Å²) in [7, 11) is 0. The zero-order valence-corrected chi connectivity index (χ0v) is 15.8. The Kier molecular flexibility index (Phi) is 5.71. The molecule has 2 heterocycles. The van der Waals surface area contributed by atoms with Gasteiger partial charge in [0.1, 0.15) is 24.0 Å². The first-order chi connectivity index (χ1) is 12.7. The number of anilines is 1. The number of carbonyl (C=O) groups is 1. The number of thioether (sulfide) groups is 1. The van der Waals surface area contributed by atoms with Gasteiger partial charge in [0.25, 0.3) is 5.91 Å². The minimum Gasteiger partial charge on any atom is -0.377 e. The largest absolute Gasteiger partial charge is 0.377 e. The van der Waals surface area contributed by atoms with Crippen molar-refractivity contribution >= 4 is 35.0 Å². The SMILES string of the molecule is C[C@]1(c2cc(NC(=O)c3ccc(Cl)cn3)ccc2F)SC(N)C(O)NC1O. The van der Waals surface area contributed by atoms with E-state index in [4.69, 9.17) is 17.3 Å². The van der Waals surface area contributed by atoms with Gasteiger partial charge in [-0.1, -0.05) is 11.6 Å². The quantitative estimate of drug-likeness (QED) is 0.519. The van der Waals surface area contributed by atoms with Gasteiger partial charge in [-0.05, 0) is 37.3 Å². The summed E-state index contributed by atoms with van der Waals surface area (Å²) in [6.07, 6.45) is -1.03. The number of hydrogen-bond donors (Lipinski definition) is 5. The first-order valence-corrected chi connectivity index (χ1v) is 9.25. The summed E-state index contributed by atoms with van der Waals surface area (Å²) < 4.78 is 13.3. The van der Waals surface area contributed by atoms with Gasteiger partial charge in [0.2, 0.25) is 0 Å². The molecular weight excluding hydrogens is 395 g/mol. The Balaban J connectivity index is 1.88. The molecule has 1 aliphatic rings. The maximum absolute atomic E-state index is 14.5. The molecule has 3 unspecified atom stereocenters. The van der Waals surface area contributed by atoms with Crippen molar-refractivity contribution in [2.24, 2.45) is 5.73 Å². The van der Waals surface area contributed by atoms with E-state index in [1.165, 1.54) is 36.5 Å². The van der Waals surface area contributed by atoms with E-state index < -0.39 is 34.3 Å². The molecule has 0 spiro atoms. The van der Waals surface area contributed by atoms with Crippen LogP contribution >= 0.6 is 23.4 Å². The average molecular weight is 413 g/mol. The topological polar surface area (TPSA) is 121 Å². The molecule has 1 saturated heterocycles. The second-order valence-corrected chi connectivity index (χ2v) is 8.28. The van der Waals surface area contributed by atoms with Crippen molar-refractivity contribution < 1.29 is 19.4 Å². The van der Waals surface area contributed by atoms with Gasteiger partial charge in [-0.15, -0.1) is 11.8 Å². The van der Waals surface area contributed by atoms with E-state index in [-0.39, 0.29) is 11.3 Å². The lowest BCUT2D eigenvalue weighted by atomic mass is 9.96. The molecule has 0 aliphatic carbocycles. The van der Waals surface area contributed by atoms with Crippen LogP contribution in [-0.4, -0.2) is 38.9 Å². The van der Waals surface area contributed by atoms with E-state index >= 15 is 0 Å². The molecule has 0 saturated carbocycles. The van der Waals surface area contributed by atoms with Crippen LogP contribution in [0.5, 0.6) is 0 Å². The maximum atomic E-state index is 14.5. The Labute approximate surface area is 164 Å². The highest BCUT2D eigenvalue weighted by Crippen LogP contribution is 2.45. The molecular formula is C17H18ClFN4O3S. The number of aliphatic hydroxyl groups excluding tert-OH is 2. The number of halogens is 2. The molecule has 7 nitrogen and oxygen atoms in total. The third-order valence-electron chi connectivity index (χ3n) is 4.26. The van der Waals surface area contributed by atoms with Crippen LogP contribution in [0.1, 0.15) is 23.0 Å². The van der Waals surface area contributed by atoms with Crippen LogP contribution in [0.25, 0.3) is 0 Å². The number of aromatic nitrogens is 1. The van der Waals surface area contributed by atoms with Crippen molar-refractivity contribution in [2.45, 2.75) is 29.5 Å². The van der Waals surface area contributed by atoms with E-state index in [1.807, 2.05) is 0 Å². The number of rotatable bonds is 3. The molecule has 0 radical (unpaired) electrons. The third-order valence-corrected chi connectivity index (χ3v) is 5.95. The lowest BCUT2D eigenvalue weighted by Crippen LogP contribution is -2.60. The lowest BCUT2D eigenvalue weighted by Gasteiger charge is -2.43. The third kappa shape index (κ3) is 4.08. The van der Waals surface area contributed by atoms with Gasteiger partial charge in [-0.25, -0.2) is 9.37 Å². The molecule has 144 valence electrons. The van der Waals surface area contributed by atoms with E-state index in [0.29, 0.717) is 10.7 Å². The molecule has 0 bridgehead atoms. The van der Waals surface area contributed by atoms with Gasteiger partial charge in [0.15, 0.2) is 0 Å². The van der Waals surface area contributed by atoms with Gasteiger partial charge in [0.05, 0.1) is 15.1 Å². The summed E-state index contributed by atoms with van der Waals surface area (Å²) in [5.74, 6) is -1.06. The molecule has 1 aliphatic heterocycles. The van der Waals surface area contributed by atoms with E-state index in [0.717, 1.165) is 11.8 Å². The minimum absolute atomic E-state index is 0.136. The number of aliphatic hydroxyl groups is 2. The van der Waals surface area contributed by atoms with Crippen molar-refractivity contribution in [3.8, 4) is 0 Å². The molecule has 1 aromatic carbocycles. The number of nitrogens with zero attached hydrogens (tertiary/aromatic N) is 1. The number of nitrogens with two attached hydrogens (primary N) is 1. The Bertz CT molecular complexity index is 857. The highest BCUT2D eigenvalue weighted by molar-refractivity contribution is 8.00. The van der Waals surface area contributed by atoms with Crippen LogP contribution in [0.15, 0.2) is 36.5 Å². The number of nitrogens with one attached hydrogen (secondary N) is 2. The standard InChI is InChI=1S/C17H18ClFN4O3S/c1-17(16(26)23-15(25)13(20)27-17)10-6-9(3-4-11(10)19)22-14(24)12-5-2-8(18)7-21-12/h2-7,13,15-16,23,25-26H,20H2,1H3,(H,22,24)/t13?,15?,16?,17-/m1/s1. The Hall–Kier alpha value is -1.75. The predicted octanol–water partition coefficient (Wildman–Crippen LogP) is 1.60. The van der Waals surface area contributed by atoms with Crippen LogP contribution < -0.4 is 16.4 Å². The van der Waals surface area contributed by atoms with Crippen LogP contribution in [0.2, 0.25) is 5.02 Å². The zero-order chi connectivity index (χ0) is 19.8. The Morgan fingerprint density at radius 3 is 2.81 bits per heavy atom. The fourth-order valence-electron chi connectivity index (χ4n) is 2.73. The average Bonchev–Trinajstić information content (AvgIpc) is 2.62. The van der Waals surface area contributed by atoms with Crippen molar-refractivity contribution in [1.82, 2.24) is 10.3 Å². The molecule has 27 heavy (non-hydrogen) atoms. The highest BCUT2D eigenvalue weighted by Gasteiger charge is 2.45. The monoisotopic (exact) mass is 412 g/mol. The van der Waals surface area contributed by atoms with Crippen molar-refractivity contribution in [3.05, 3.63) is 58.6 Å². The minimum atomic E-state index is -1.25. The second-order valence-electron chi connectivity index (χ2n) is 6.21. The molecule has 1 amide bonds. The summed E-state index contributed by atoms with van der Waals surface area (Å²) >= 11 is 6.79. The lowest BCUT2D eigenvalue weighted by molar-refractivity contribution is 0.0103. The molecule has 3 rings (SSSR count). The van der Waals surface area contributed by atoms with Crippen molar-refractivity contribution in [2.75, 3.05) is 5.32 Å². The second kappa shape index (κ2) is 7.70. The summed E-state index contributed by atoms with van der Waals surface area (Å²) in [5.41, 5.74) is 6.44. The van der Waals surface area contributed by atoms with E-state index in [9.17, 15) is 19.4 Å². The normalized spacial score (nSPS) is 28.0. The maximum Gasteiger partial charge on any atom is 0.274 e. The molecule has 1 aromatic heterocycles. The summed E-state index contributed by atoms with van der Waals surface area (Å²) in [6, 6.07) is 7.02. The Morgan fingerprint density at radius 1 is 1.41 bits per heavy atom. The summed E-state index contributed by atoms with van der Waals surface area (Å²) in [4.78, 5) is 16.2. The van der Waals surface area contributed by atoms with Crippen LogP contribution in [0.4, 0.5) is 10.1 Å². The number of amides is 1. The fraction of sp³-hybridized carbons (Fsp3) is 0.294. The molecule has 10 heteroatoms. The van der Waals surface area contributed by atoms with Crippen molar-refractivity contribution in [3.63, 3.8) is 0 Å². The number of pyridine rings is 1. The number of benzene rings is 1. The number of hydrogen-bond acceptors (Lipinski definition) is 7. The zero-order valence-electron chi connectivity index (χ0n) is 14.2. The van der Waals surface area contributed by atoms with E-state index in [2.05, 4.69) is 15.6 Å². The molecule has 4 atom stereocenters.